The molecule has 1 aromatic heterocycles. The number of ether oxygens (including phenoxy) is 1. The summed E-state index contributed by atoms with van der Waals surface area (Å²) in [6, 6.07) is 9.12. The lowest BCUT2D eigenvalue weighted by Gasteiger charge is -2.05. The normalized spacial score (nSPS) is 10.1. The van der Waals surface area contributed by atoms with Crippen LogP contribution in [0.4, 0.5) is 0 Å². The molecule has 2 nitrogen and oxygen atoms in total. The molecule has 0 unspecified atom stereocenters. The molecular weight excluding hydrogens is 288 g/mol. The summed E-state index contributed by atoms with van der Waals surface area (Å²) < 4.78 is 6.65. The van der Waals surface area contributed by atoms with Crippen LogP contribution in [0.5, 0.6) is 5.75 Å². The molecule has 0 N–H and O–H groups in total. The van der Waals surface area contributed by atoms with Crippen molar-refractivity contribution in [3.8, 4) is 5.75 Å². The summed E-state index contributed by atoms with van der Waals surface area (Å²) in [5.74, 6) is 0.713. The summed E-state index contributed by atoms with van der Waals surface area (Å²) in [5.41, 5.74) is 0.628. The summed E-state index contributed by atoms with van der Waals surface area (Å²) in [5, 5.41) is 2.00. The summed E-state index contributed by atoms with van der Waals surface area (Å²) >= 11 is 5.08. The minimum Gasteiger partial charge on any atom is -0.488 e. The SMILES string of the molecule is O=Cc1cccc(OCc2sccc2Br)c1. The number of aldehydes is 1. The van der Waals surface area contributed by atoms with Gasteiger partial charge in [0.25, 0.3) is 0 Å². The van der Waals surface area contributed by atoms with Crippen LogP contribution in [-0.2, 0) is 6.61 Å². The molecule has 0 fully saturated rings. The van der Waals surface area contributed by atoms with Crippen LogP contribution in [0.1, 0.15) is 15.2 Å². The highest BCUT2D eigenvalue weighted by atomic mass is 79.9. The van der Waals surface area contributed by atoms with Crippen molar-refractivity contribution in [3.63, 3.8) is 0 Å². The molecule has 0 saturated carbocycles. The molecule has 0 amide bonds. The first kappa shape index (κ1) is 11.4. The minimum absolute atomic E-state index is 0.514. The van der Waals surface area contributed by atoms with E-state index in [1.54, 1.807) is 23.5 Å². The van der Waals surface area contributed by atoms with Gasteiger partial charge in [0, 0.05) is 10.0 Å². The molecule has 0 saturated heterocycles. The van der Waals surface area contributed by atoms with Crippen molar-refractivity contribution in [3.05, 3.63) is 50.6 Å². The molecule has 1 heterocycles. The number of hydrogen-bond donors (Lipinski definition) is 0. The highest BCUT2D eigenvalue weighted by molar-refractivity contribution is 9.10. The van der Waals surface area contributed by atoms with Gasteiger partial charge >= 0.3 is 0 Å². The molecular formula is C12H9BrO2S. The van der Waals surface area contributed by atoms with Crippen molar-refractivity contribution < 1.29 is 9.53 Å². The molecule has 0 aliphatic heterocycles. The van der Waals surface area contributed by atoms with Gasteiger partial charge in [-0.25, -0.2) is 0 Å². The second kappa shape index (κ2) is 5.27. The van der Waals surface area contributed by atoms with Crippen LogP contribution in [0.15, 0.2) is 40.2 Å². The van der Waals surface area contributed by atoms with Gasteiger partial charge in [0.05, 0.1) is 4.88 Å². The van der Waals surface area contributed by atoms with Gasteiger partial charge in [-0.05, 0) is 39.5 Å². The van der Waals surface area contributed by atoms with Crippen LogP contribution in [0.25, 0.3) is 0 Å². The third-order valence-electron chi connectivity index (χ3n) is 2.06. The Hall–Kier alpha value is -1.13. The number of carbonyl (C=O) groups excluding carboxylic acids is 1. The predicted octanol–water partition coefficient (Wildman–Crippen LogP) is 3.90. The topological polar surface area (TPSA) is 26.3 Å². The Morgan fingerprint density at radius 1 is 1.38 bits per heavy atom. The lowest BCUT2D eigenvalue weighted by Crippen LogP contribution is -1.94. The zero-order valence-electron chi connectivity index (χ0n) is 8.35. The summed E-state index contributed by atoms with van der Waals surface area (Å²) in [7, 11) is 0. The molecule has 4 heteroatoms. The highest BCUT2D eigenvalue weighted by Crippen LogP contribution is 2.24. The average Bonchev–Trinajstić information content (AvgIpc) is 2.72. The van der Waals surface area contributed by atoms with Gasteiger partial charge in [-0.3, -0.25) is 4.79 Å². The van der Waals surface area contributed by atoms with E-state index in [-0.39, 0.29) is 0 Å². The smallest absolute Gasteiger partial charge is 0.150 e. The lowest BCUT2D eigenvalue weighted by molar-refractivity contribution is 0.112. The maximum absolute atomic E-state index is 10.6. The molecule has 0 spiro atoms. The number of halogens is 1. The average molecular weight is 297 g/mol. The molecule has 0 radical (unpaired) electrons. The van der Waals surface area contributed by atoms with Crippen LogP contribution in [0.3, 0.4) is 0 Å². The number of benzene rings is 1. The van der Waals surface area contributed by atoms with E-state index in [0.717, 1.165) is 15.6 Å². The number of hydrogen-bond acceptors (Lipinski definition) is 3. The molecule has 2 rings (SSSR count). The largest absolute Gasteiger partial charge is 0.488 e. The molecule has 82 valence electrons. The first-order valence-electron chi connectivity index (χ1n) is 4.69. The van der Waals surface area contributed by atoms with Crippen LogP contribution in [0.2, 0.25) is 0 Å². The zero-order chi connectivity index (χ0) is 11.4. The van der Waals surface area contributed by atoms with Crippen molar-refractivity contribution in [2.24, 2.45) is 0 Å². The Morgan fingerprint density at radius 2 is 2.25 bits per heavy atom. The Balaban J connectivity index is 2.04. The summed E-state index contributed by atoms with van der Waals surface area (Å²) in [6.45, 7) is 0.514. The van der Waals surface area contributed by atoms with Crippen LogP contribution in [0, 0.1) is 0 Å². The van der Waals surface area contributed by atoms with Crippen LogP contribution >= 0.6 is 27.3 Å². The number of rotatable bonds is 4. The standard InChI is InChI=1S/C12H9BrO2S/c13-11-4-5-16-12(11)8-15-10-3-1-2-9(6-10)7-14/h1-7H,8H2. The zero-order valence-corrected chi connectivity index (χ0v) is 10.8. The lowest BCUT2D eigenvalue weighted by atomic mass is 10.2. The predicted molar refractivity (Wildman–Crippen MR) is 68.2 cm³/mol. The van der Waals surface area contributed by atoms with E-state index in [9.17, 15) is 4.79 Å². The van der Waals surface area contributed by atoms with E-state index in [2.05, 4.69) is 15.9 Å². The quantitative estimate of drug-likeness (QED) is 0.800. The molecule has 0 aliphatic rings. The third-order valence-corrected chi connectivity index (χ3v) is 3.96. The molecule has 1 aromatic carbocycles. The van der Waals surface area contributed by atoms with E-state index in [0.29, 0.717) is 17.9 Å². The van der Waals surface area contributed by atoms with Crippen molar-refractivity contribution in [2.75, 3.05) is 0 Å². The Morgan fingerprint density at radius 3 is 2.94 bits per heavy atom. The second-order valence-corrected chi connectivity index (χ2v) is 5.03. The maximum atomic E-state index is 10.6. The van der Waals surface area contributed by atoms with Gasteiger partial charge in [0.2, 0.25) is 0 Å². The maximum Gasteiger partial charge on any atom is 0.150 e. The fraction of sp³-hybridized carbons (Fsp3) is 0.0833. The van der Waals surface area contributed by atoms with E-state index in [1.807, 2.05) is 23.6 Å². The van der Waals surface area contributed by atoms with E-state index in [1.165, 1.54) is 0 Å². The summed E-state index contributed by atoms with van der Waals surface area (Å²) in [6.07, 6.45) is 0.813. The van der Waals surface area contributed by atoms with Gasteiger partial charge in [-0.1, -0.05) is 12.1 Å². The fourth-order valence-corrected chi connectivity index (χ4v) is 2.63. The van der Waals surface area contributed by atoms with Gasteiger partial charge in [0.1, 0.15) is 18.6 Å². The third kappa shape index (κ3) is 2.71. The first-order valence-corrected chi connectivity index (χ1v) is 6.37. The Bertz CT molecular complexity index is 493. The second-order valence-electron chi connectivity index (χ2n) is 3.17. The Labute approximate surface area is 106 Å². The Kier molecular flexibility index (Phi) is 3.74. The van der Waals surface area contributed by atoms with E-state index >= 15 is 0 Å². The number of carbonyl (C=O) groups is 1. The molecule has 16 heavy (non-hydrogen) atoms. The summed E-state index contributed by atoms with van der Waals surface area (Å²) in [4.78, 5) is 11.7. The van der Waals surface area contributed by atoms with E-state index in [4.69, 9.17) is 4.74 Å². The van der Waals surface area contributed by atoms with Gasteiger partial charge < -0.3 is 4.74 Å². The number of thiophene rings is 1. The monoisotopic (exact) mass is 296 g/mol. The molecule has 0 aliphatic carbocycles. The van der Waals surface area contributed by atoms with Gasteiger partial charge in [0.15, 0.2) is 0 Å². The molecule has 0 bridgehead atoms. The van der Waals surface area contributed by atoms with Crippen LogP contribution < -0.4 is 4.74 Å². The first-order chi connectivity index (χ1) is 7.79. The molecule has 0 atom stereocenters. The van der Waals surface area contributed by atoms with Crippen molar-refractivity contribution >= 4 is 33.6 Å². The molecule has 2 aromatic rings. The van der Waals surface area contributed by atoms with Crippen molar-refractivity contribution in [1.82, 2.24) is 0 Å². The van der Waals surface area contributed by atoms with Crippen molar-refractivity contribution in [2.45, 2.75) is 6.61 Å². The van der Waals surface area contributed by atoms with Crippen molar-refractivity contribution in [1.29, 1.82) is 0 Å². The fourth-order valence-electron chi connectivity index (χ4n) is 1.25. The highest BCUT2D eigenvalue weighted by Gasteiger charge is 2.02. The van der Waals surface area contributed by atoms with E-state index < -0.39 is 0 Å². The minimum atomic E-state index is 0.514. The van der Waals surface area contributed by atoms with Gasteiger partial charge in [-0.15, -0.1) is 11.3 Å². The van der Waals surface area contributed by atoms with Gasteiger partial charge in [-0.2, -0.15) is 0 Å². The van der Waals surface area contributed by atoms with Crippen LogP contribution in [-0.4, -0.2) is 6.29 Å².